The molecule has 2 aromatic carbocycles. The summed E-state index contributed by atoms with van der Waals surface area (Å²) >= 11 is 0. The zero-order valence-electron chi connectivity index (χ0n) is 14.4. The summed E-state index contributed by atoms with van der Waals surface area (Å²) in [5.41, 5.74) is 4.74. The molecule has 0 spiro atoms. The van der Waals surface area contributed by atoms with Gasteiger partial charge in [0.2, 0.25) is 0 Å². The molecule has 0 aliphatic carbocycles. The molecule has 4 heteroatoms. The second-order valence-electron chi connectivity index (χ2n) is 5.88. The maximum Gasteiger partial charge on any atom is 0.338 e. The Morgan fingerprint density at radius 2 is 2.00 bits per heavy atom. The predicted molar refractivity (Wildman–Crippen MR) is 95.8 cm³/mol. The Balaban J connectivity index is 2.16. The number of esters is 1. The van der Waals surface area contributed by atoms with E-state index in [1.807, 2.05) is 25.1 Å². The van der Waals surface area contributed by atoms with Crippen LogP contribution >= 0.6 is 0 Å². The fraction of sp³-hybridized carbons (Fsp3) is 0.300. The summed E-state index contributed by atoms with van der Waals surface area (Å²) in [6.45, 7) is 6.40. The average Bonchev–Trinajstić information content (AvgIpc) is 2.92. The van der Waals surface area contributed by atoms with Crippen molar-refractivity contribution < 1.29 is 9.53 Å². The number of ether oxygens (including phenoxy) is 1. The van der Waals surface area contributed by atoms with Crippen LogP contribution in [-0.2, 0) is 11.2 Å². The number of benzene rings is 2. The van der Waals surface area contributed by atoms with Gasteiger partial charge in [0.15, 0.2) is 0 Å². The molecule has 0 saturated carbocycles. The molecule has 0 bridgehead atoms. The third-order valence-corrected chi connectivity index (χ3v) is 3.97. The number of aromatic nitrogens is 2. The molecule has 0 amide bonds. The second kappa shape index (κ2) is 6.87. The number of carbonyl (C=O) groups is 1. The Hall–Kier alpha value is -2.62. The van der Waals surface area contributed by atoms with Crippen LogP contribution in [0.3, 0.4) is 0 Å². The number of nitrogens with zero attached hydrogens (tertiary/aromatic N) is 2. The van der Waals surface area contributed by atoms with E-state index in [4.69, 9.17) is 9.72 Å². The molecular weight excluding hydrogens is 300 g/mol. The number of rotatable bonds is 5. The van der Waals surface area contributed by atoms with E-state index in [-0.39, 0.29) is 5.97 Å². The summed E-state index contributed by atoms with van der Waals surface area (Å²) in [4.78, 5) is 16.8. The number of hydrogen-bond acceptors (Lipinski definition) is 3. The second-order valence-corrected chi connectivity index (χ2v) is 5.88. The van der Waals surface area contributed by atoms with E-state index >= 15 is 0 Å². The van der Waals surface area contributed by atoms with E-state index in [1.165, 1.54) is 5.56 Å². The topological polar surface area (TPSA) is 44.1 Å². The SMILES string of the molecule is CCCc1nc2cc(C)ccc2n1-c1cccc(C(=O)OCC)c1. The first-order valence-corrected chi connectivity index (χ1v) is 8.39. The number of imidazole rings is 1. The van der Waals surface area contributed by atoms with E-state index in [0.29, 0.717) is 12.2 Å². The monoisotopic (exact) mass is 322 g/mol. The fourth-order valence-corrected chi connectivity index (χ4v) is 2.91. The maximum atomic E-state index is 12.0. The van der Waals surface area contributed by atoms with E-state index in [2.05, 4.69) is 36.6 Å². The highest BCUT2D eigenvalue weighted by atomic mass is 16.5. The van der Waals surface area contributed by atoms with Crippen LogP contribution in [-0.4, -0.2) is 22.1 Å². The summed E-state index contributed by atoms with van der Waals surface area (Å²) in [7, 11) is 0. The minimum Gasteiger partial charge on any atom is -0.462 e. The molecule has 0 aliphatic rings. The lowest BCUT2D eigenvalue weighted by molar-refractivity contribution is 0.0526. The summed E-state index contributed by atoms with van der Waals surface area (Å²) in [6.07, 6.45) is 1.90. The number of fused-ring (bicyclic) bond motifs is 1. The molecule has 3 aromatic rings. The quantitative estimate of drug-likeness (QED) is 0.651. The van der Waals surface area contributed by atoms with Crippen molar-refractivity contribution in [3.05, 3.63) is 59.4 Å². The Morgan fingerprint density at radius 3 is 2.75 bits per heavy atom. The summed E-state index contributed by atoms with van der Waals surface area (Å²) < 4.78 is 7.26. The standard InChI is InChI=1S/C20H22N2O2/c1-4-7-19-21-17-12-14(3)10-11-18(17)22(19)16-9-6-8-15(13-16)20(23)24-5-2/h6,8-13H,4-5,7H2,1-3H3. The summed E-state index contributed by atoms with van der Waals surface area (Å²) in [6, 6.07) is 13.8. The smallest absolute Gasteiger partial charge is 0.338 e. The molecule has 124 valence electrons. The third-order valence-electron chi connectivity index (χ3n) is 3.97. The zero-order chi connectivity index (χ0) is 17.1. The summed E-state index contributed by atoms with van der Waals surface area (Å²) in [5.74, 6) is 0.718. The van der Waals surface area contributed by atoms with Gasteiger partial charge in [0.25, 0.3) is 0 Å². The van der Waals surface area contributed by atoms with Gasteiger partial charge in [0, 0.05) is 12.1 Å². The van der Waals surface area contributed by atoms with E-state index in [1.54, 1.807) is 6.07 Å². The van der Waals surface area contributed by atoms with Crippen molar-refractivity contribution in [1.29, 1.82) is 0 Å². The molecule has 0 fully saturated rings. The van der Waals surface area contributed by atoms with Crippen molar-refractivity contribution in [1.82, 2.24) is 9.55 Å². The molecule has 0 N–H and O–H groups in total. The molecule has 0 radical (unpaired) electrons. The van der Waals surface area contributed by atoms with E-state index in [0.717, 1.165) is 35.4 Å². The largest absolute Gasteiger partial charge is 0.462 e. The first-order chi connectivity index (χ1) is 11.6. The minimum atomic E-state index is -0.295. The van der Waals surface area contributed by atoms with Crippen LogP contribution in [0, 0.1) is 6.92 Å². The van der Waals surface area contributed by atoms with Gasteiger partial charge in [0.05, 0.1) is 23.2 Å². The lowest BCUT2D eigenvalue weighted by atomic mass is 10.2. The normalized spacial score (nSPS) is 11.0. The Kier molecular flexibility index (Phi) is 4.65. The van der Waals surface area contributed by atoms with Gasteiger partial charge < -0.3 is 4.74 Å². The van der Waals surface area contributed by atoms with Gasteiger partial charge >= 0.3 is 5.97 Å². The Morgan fingerprint density at radius 1 is 1.17 bits per heavy atom. The van der Waals surface area contributed by atoms with Gasteiger partial charge in [-0.05, 0) is 56.2 Å². The lowest BCUT2D eigenvalue weighted by Crippen LogP contribution is -2.07. The average molecular weight is 322 g/mol. The predicted octanol–water partition coefficient (Wildman–Crippen LogP) is 4.46. The minimum absolute atomic E-state index is 0.295. The number of aryl methyl sites for hydroxylation is 2. The van der Waals surface area contributed by atoms with Gasteiger partial charge in [0.1, 0.15) is 5.82 Å². The Labute approximate surface area is 142 Å². The van der Waals surface area contributed by atoms with Crippen molar-refractivity contribution in [2.75, 3.05) is 6.61 Å². The first-order valence-electron chi connectivity index (χ1n) is 8.39. The molecule has 0 atom stereocenters. The first kappa shape index (κ1) is 16.2. The van der Waals surface area contributed by atoms with Crippen LogP contribution in [0.2, 0.25) is 0 Å². The molecule has 3 rings (SSSR count). The van der Waals surface area contributed by atoms with Crippen molar-refractivity contribution >= 4 is 17.0 Å². The molecule has 0 saturated heterocycles. The molecular formula is C20H22N2O2. The number of hydrogen-bond donors (Lipinski definition) is 0. The van der Waals surface area contributed by atoms with Gasteiger partial charge in [-0.1, -0.05) is 19.1 Å². The highest BCUT2D eigenvalue weighted by Crippen LogP contribution is 2.24. The molecule has 0 aliphatic heterocycles. The zero-order valence-corrected chi connectivity index (χ0v) is 14.4. The van der Waals surface area contributed by atoms with Crippen molar-refractivity contribution in [2.45, 2.75) is 33.6 Å². The van der Waals surface area contributed by atoms with Crippen molar-refractivity contribution in [3.63, 3.8) is 0 Å². The maximum absolute atomic E-state index is 12.0. The van der Waals surface area contributed by atoms with Crippen LogP contribution in [0.15, 0.2) is 42.5 Å². The van der Waals surface area contributed by atoms with Gasteiger partial charge in [-0.15, -0.1) is 0 Å². The van der Waals surface area contributed by atoms with Crippen LogP contribution in [0.4, 0.5) is 0 Å². The molecule has 0 unspecified atom stereocenters. The fourth-order valence-electron chi connectivity index (χ4n) is 2.91. The lowest BCUT2D eigenvalue weighted by Gasteiger charge is -2.10. The van der Waals surface area contributed by atoms with Crippen LogP contribution < -0.4 is 0 Å². The van der Waals surface area contributed by atoms with Gasteiger partial charge in [-0.2, -0.15) is 0 Å². The number of carbonyl (C=O) groups excluding carboxylic acids is 1. The van der Waals surface area contributed by atoms with Gasteiger partial charge in [-0.25, -0.2) is 9.78 Å². The third kappa shape index (κ3) is 3.04. The van der Waals surface area contributed by atoms with Crippen LogP contribution in [0.1, 0.15) is 42.0 Å². The molecule has 1 aromatic heterocycles. The molecule has 4 nitrogen and oxygen atoms in total. The van der Waals surface area contributed by atoms with Gasteiger partial charge in [-0.3, -0.25) is 4.57 Å². The highest BCUT2D eigenvalue weighted by molar-refractivity contribution is 5.90. The highest BCUT2D eigenvalue weighted by Gasteiger charge is 2.14. The molecule has 24 heavy (non-hydrogen) atoms. The van der Waals surface area contributed by atoms with Crippen LogP contribution in [0.5, 0.6) is 0 Å². The van der Waals surface area contributed by atoms with E-state index < -0.39 is 0 Å². The van der Waals surface area contributed by atoms with Crippen LogP contribution in [0.25, 0.3) is 16.7 Å². The summed E-state index contributed by atoms with van der Waals surface area (Å²) in [5, 5.41) is 0. The molecule has 1 heterocycles. The van der Waals surface area contributed by atoms with Crippen molar-refractivity contribution in [3.8, 4) is 5.69 Å². The van der Waals surface area contributed by atoms with Crippen molar-refractivity contribution in [2.24, 2.45) is 0 Å². The Bertz CT molecular complexity index is 880. The van der Waals surface area contributed by atoms with E-state index in [9.17, 15) is 4.79 Å².